The molecule has 1 aliphatic rings. The number of nitriles is 1. The Hall–Kier alpha value is -1.37. The van der Waals surface area contributed by atoms with Crippen molar-refractivity contribution in [3.05, 3.63) is 35.9 Å². The molecule has 20 heavy (non-hydrogen) atoms. The molecule has 108 valence electrons. The summed E-state index contributed by atoms with van der Waals surface area (Å²) in [5.74, 6) is 0. The minimum absolute atomic E-state index is 0.542. The molecule has 1 atom stereocenters. The Morgan fingerprint density at radius 3 is 2.55 bits per heavy atom. The van der Waals surface area contributed by atoms with Gasteiger partial charge in [0.2, 0.25) is 0 Å². The van der Waals surface area contributed by atoms with Crippen molar-refractivity contribution in [2.45, 2.75) is 38.1 Å². The summed E-state index contributed by atoms with van der Waals surface area (Å²) in [7, 11) is 0. The van der Waals surface area contributed by atoms with Crippen LogP contribution in [0.4, 0.5) is 0 Å². The van der Waals surface area contributed by atoms with Crippen LogP contribution in [-0.2, 0) is 5.54 Å². The van der Waals surface area contributed by atoms with Gasteiger partial charge in [-0.15, -0.1) is 0 Å². The van der Waals surface area contributed by atoms with Crippen LogP contribution in [-0.4, -0.2) is 31.1 Å². The van der Waals surface area contributed by atoms with Crippen molar-refractivity contribution in [1.29, 1.82) is 5.26 Å². The van der Waals surface area contributed by atoms with Gasteiger partial charge in [-0.2, -0.15) is 5.26 Å². The summed E-state index contributed by atoms with van der Waals surface area (Å²) in [4.78, 5) is 2.47. The standard InChI is InChI=1S/C17H25N3/c1-2-11-19-17(15-18,16-8-4-3-5-9-16)10-14-20-12-6-7-13-20/h3-5,8-9,19H,2,6-7,10-14H2,1H3. The Kier molecular flexibility index (Phi) is 5.58. The fourth-order valence-corrected chi connectivity index (χ4v) is 2.89. The average Bonchev–Trinajstić information content (AvgIpc) is 3.02. The second-order valence-electron chi connectivity index (χ2n) is 5.61. The number of hydrogen-bond donors (Lipinski definition) is 1. The molecule has 1 aromatic carbocycles. The maximum Gasteiger partial charge on any atom is 0.133 e. The summed E-state index contributed by atoms with van der Waals surface area (Å²) < 4.78 is 0. The van der Waals surface area contributed by atoms with Crippen molar-refractivity contribution in [3.8, 4) is 6.07 Å². The summed E-state index contributed by atoms with van der Waals surface area (Å²) in [6.07, 6.45) is 4.49. The van der Waals surface area contributed by atoms with Gasteiger partial charge in [-0.1, -0.05) is 37.3 Å². The number of nitrogens with one attached hydrogen (secondary N) is 1. The largest absolute Gasteiger partial charge is 0.303 e. The zero-order valence-electron chi connectivity index (χ0n) is 12.4. The van der Waals surface area contributed by atoms with E-state index in [-0.39, 0.29) is 0 Å². The number of benzene rings is 1. The van der Waals surface area contributed by atoms with E-state index in [4.69, 9.17) is 0 Å². The molecule has 3 nitrogen and oxygen atoms in total. The summed E-state index contributed by atoms with van der Waals surface area (Å²) in [6, 6.07) is 12.7. The quantitative estimate of drug-likeness (QED) is 0.829. The van der Waals surface area contributed by atoms with Gasteiger partial charge in [-0.05, 0) is 50.9 Å². The van der Waals surface area contributed by atoms with Crippen LogP contribution in [0.5, 0.6) is 0 Å². The second kappa shape index (κ2) is 7.42. The Morgan fingerprint density at radius 1 is 1.25 bits per heavy atom. The van der Waals surface area contributed by atoms with Gasteiger partial charge in [-0.25, -0.2) is 0 Å². The minimum Gasteiger partial charge on any atom is -0.303 e. The number of rotatable bonds is 7. The van der Waals surface area contributed by atoms with Crippen LogP contribution in [0.15, 0.2) is 30.3 Å². The zero-order valence-corrected chi connectivity index (χ0v) is 12.4. The van der Waals surface area contributed by atoms with E-state index < -0.39 is 5.54 Å². The van der Waals surface area contributed by atoms with E-state index in [1.807, 2.05) is 18.2 Å². The van der Waals surface area contributed by atoms with E-state index in [9.17, 15) is 5.26 Å². The molecule has 0 aliphatic carbocycles. The smallest absolute Gasteiger partial charge is 0.133 e. The molecule has 1 fully saturated rings. The van der Waals surface area contributed by atoms with Crippen molar-refractivity contribution in [3.63, 3.8) is 0 Å². The van der Waals surface area contributed by atoms with Gasteiger partial charge < -0.3 is 4.90 Å². The molecule has 0 saturated carbocycles. The minimum atomic E-state index is -0.542. The summed E-state index contributed by atoms with van der Waals surface area (Å²) >= 11 is 0. The highest BCUT2D eigenvalue weighted by Crippen LogP contribution is 2.25. The molecule has 1 aromatic rings. The highest BCUT2D eigenvalue weighted by molar-refractivity contribution is 5.31. The molecule has 1 saturated heterocycles. The van der Waals surface area contributed by atoms with Crippen molar-refractivity contribution >= 4 is 0 Å². The normalized spacial score (nSPS) is 18.6. The molecule has 0 radical (unpaired) electrons. The number of hydrogen-bond acceptors (Lipinski definition) is 3. The molecule has 3 heteroatoms. The van der Waals surface area contributed by atoms with Gasteiger partial charge >= 0.3 is 0 Å². The summed E-state index contributed by atoms with van der Waals surface area (Å²) in [6.45, 7) is 6.39. The average molecular weight is 271 g/mol. The number of likely N-dealkylation sites (tertiary alicyclic amines) is 1. The van der Waals surface area contributed by atoms with Crippen LogP contribution in [0.3, 0.4) is 0 Å². The van der Waals surface area contributed by atoms with E-state index in [1.165, 1.54) is 25.9 Å². The van der Waals surface area contributed by atoms with Gasteiger partial charge in [0, 0.05) is 6.54 Å². The maximum atomic E-state index is 9.80. The Labute approximate surface area is 122 Å². The van der Waals surface area contributed by atoms with Gasteiger partial charge in [0.1, 0.15) is 5.54 Å². The lowest BCUT2D eigenvalue weighted by Crippen LogP contribution is -2.44. The SMILES string of the molecule is CCCNC(C#N)(CCN1CCCC1)c1ccccc1. The fourth-order valence-electron chi connectivity index (χ4n) is 2.89. The molecule has 0 amide bonds. The Bertz CT molecular complexity index is 431. The van der Waals surface area contributed by atoms with Crippen LogP contribution < -0.4 is 5.32 Å². The van der Waals surface area contributed by atoms with E-state index in [1.54, 1.807) is 0 Å². The van der Waals surface area contributed by atoms with Crippen molar-refractivity contribution in [1.82, 2.24) is 10.2 Å². The highest BCUT2D eigenvalue weighted by Gasteiger charge is 2.32. The molecule has 1 aliphatic heterocycles. The third-order valence-corrected chi connectivity index (χ3v) is 4.14. The topological polar surface area (TPSA) is 39.1 Å². The first-order valence-electron chi connectivity index (χ1n) is 7.75. The third-order valence-electron chi connectivity index (χ3n) is 4.14. The molecular formula is C17H25N3. The molecule has 1 N–H and O–H groups in total. The first-order valence-corrected chi connectivity index (χ1v) is 7.75. The van der Waals surface area contributed by atoms with Crippen molar-refractivity contribution in [2.75, 3.05) is 26.2 Å². The van der Waals surface area contributed by atoms with Crippen LogP contribution in [0.25, 0.3) is 0 Å². The fraction of sp³-hybridized carbons (Fsp3) is 0.588. The lowest BCUT2D eigenvalue weighted by atomic mass is 9.87. The Balaban J connectivity index is 2.11. The van der Waals surface area contributed by atoms with Crippen LogP contribution in [0, 0.1) is 11.3 Å². The molecule has 0 spiro atoms. The predicted molar refractivity (Wildman–Crippen MR) is 82.3 cm³/mol. The Morgan fingerprint density at radius 2 is 1.95 bits per heavy atom. The van der Waals surface area contributed by atoms with E-state index >= 15 is 0 Å². The van der Waals surface area contributed by atoms with Crippen LogP contribution >= 0.6 is 0 Å². The summed E-state index contributed by atoms with van der Waals surface area (Å²) in [5, 5.41) is 13.3. The van der Waals surface area contributed by atoms with Gasteiger partial charge in [0.15, 0.2) is 0 Å². The van der Waals surface area contributed by atoms with Crippen LogP contribution in [0.1, 0.15) is 38.2 Å². The lowest BCUT2D eigenvalue weighted by molar-refractivity contribution is 0.282. The molecule has 1 heterocycles. The first-order chi connectivity index (χ1) is 9.80. The second-order valence-corrected chi connectivity index (χ2v) is 5.61. The van der Waals surface area contributed by atoms with E-state index in [0.717, 1.165) is 31.5 Å². The number of nitrogens with zero attached hydrogens (tertiary/aromatic N) is 2. The zero-order chi connectivity index (χ0) is 14.3. The molecule has 0 aromatic heterocycles. The van der Waals surface area contributed by atoms with Crippen molar-refractivity contribution < 1.29 is 0 Å². The lowest BCUT2D eigenvalue weighted by Gasteiger charge is -2.30. The van der Waals surface area contributed by atoms with Gasteiger partial charge in [0.25, 0.3) is 0 Å². The maximum absolute atomic E-state index is 9.80. The first kappa shape index (κ1) is 15.0. The van der Waals surface area contributed by atoms with Gasteiger partial charge in [-0.3, -0.25) is 5.32 Å². The molecule has 0 bridgehead atoms. The third kappa shape index (κ3) is 3.59. The molecular weight excluding hydrogens is 246 g/mol. The van der Waals surface area contributed by atoms with Crippen LogP contribution in [0.2, 0.25) is 0 Å². The van der Waals surface area contributed by atoms with E-state index in [2.05, 4.69) is 35.3 Å². The molecule has 2 rings (SSSR count). The van der Waals surface area contributed by atoms with E-state index in [0.29, 0.717) is 0 Å². The molecule has 1 unspecified atom stereocenters. The van der Waals surface area contributed by atoms with Gasteiger partial charge in [0.05, 0.1) is 6.07 Å². The monoisotopic (exact) mass is 271 g/mol. The van der Waals surface area contributed by atoms with Crippen molar-refractivity contribution in [2.24, 2.45) is 0 Å². The predicted octanol–water partition coefficient (Wildman–Crippen LogP) is 2.89. The highest BCUT2D eigenvalue weighted by atomic mass is 15.1. The summed E-state index contributed by atoms with van der Waals surface area (Å²) in [5.41, 5.74) is 0.551.